The molecule has 1 amide bonds. The summed E-state index contributed by atoms with van der Waals surface area (Å²) in [6.45, 7) is 1.92. The molecule has 0 spiro atoms. The number of carbonyl (C=O) groups is 1. The van der Waals surface area contributed by atoms with E-state index in [1.165, 1.54) is 6.07 Å². The number of carbonyl (C=O) groups excluding carboxylic acids is 1. The zero-order valence-electron chi connectivity index (χ0n) is 8.66. The van der Waals surface area contributed by atoms with Gasteiger partial charge in [-0.1, -0.05) is 0 Å². The highest BCUT2D eigenvalue weighted by Gasteiger charge is 2.22. The molecule has 0 bridgehead atoms. The molecule has 0 aliphatic carbocycles. The molecule has 2 heterocycles. The lowest BCUT2D eigenvalue weighted by molar-refractivity contribution is 0.0933. The Morgan fingerprint density at radius 1 is 1.80 bits per heavy atom. The van der Waals surface area contributed by atoms with E-state index in [4.69, 9.17) is 5.73 Å². The number of rotatable bonds is 2. The molecule has 6 nitrogen and oxygen atoms in total. The number of likely N-dealkylation sites (N-methyl/N-ethyl adjacent to an activating group) is 1. The zero-order valence-corrected chi connectivity index (χ0v) is 8.66. The first kappa shape index (κ1) is 9.97. The van der Waals surface area contributed by atoms with Gasteiger partial charge >= 0.3 is 0 Å². The summed E-state index contributed by atoms with van der Waals surface area (Å²) in [5.41, 5.74) is 5.83. The molecule has 1 saturated heterocycles. The van der Waals surface area contributed by atoms with Crippen LogP contribution in [0.2, 0.25) is 0 Å². The van der Waals surface area contributed by atoms with E-state index < -0.39 is 0 Å². The van der Waals surface area contributed by atoms with Crippen LogP contribution in [-0.2, 0) is 0 Å². The van der Waals surface area contributed by atoms with Crippen molar-refractivity contribution in [1.29, 1.82) is 0 Å². The standard InChI is InChI=1S/C9H15N5O/c1-14-3-2-6(5-14)11-9(15)7-4-8(10)13-12-7/h4,6H,2-3,5H2,1H3,(H,11,15)(H3,10,12,13). The largest absolute Gasteiger partial charge is 0.382 e. The van der Waals surface area contributed by atoms with Gasteiger partial charge < -0.3 is 16.0 Å². The predicted octanol–water partition coefficient (Wildman–Crippen LogP) is -0.574. The van der Waals surface area contributed by atoms with Crippen LogP contribution in [0.25, 0.3) is 0 Å². The van der Waals surface area contributed by atoms with Crippen LogP contribution >= 0.6 is 0 Å². The van der Waals surface area contributed by atoms with Crippen LogP contribution in [0.1, 0.15) is 16.9 Å². The van der Waals surface area contributed by atoms with Crippen LogP contribution in [0.4, 0.5) is 5.82 Å². The molecule has 4 N–H and O–H groups in total. The van der Waals surface area contributed by atoms with E-state index in [9.17, 15) is 4.79 Å². The number of nitrogens with zero attached hydrogens (tertiary/aromatic N) is 2. The SMILES string of the molecule is CN1CCC(NC(=O)c2cc(N)n[nH]2)C1. The quantitative estimate of drug-likeness (QED) is 0.608. The van der Waals surface area contributed by atoms with Gasteiger partial charge in [0.25, 0.3) is 5.91 Å². The molecule has 0 saturated carbocycles. The Morgan fingerprint density at radius 3 is 3.13 bits per heavy atom. The minimum Gasteiger partial charge on any atom is -0.382 e. The van der Waals surface area contributed by atoms with Crippen molar-refractivity contribution in [1.82, 2.24) is 20.4 Å². The van der Waals surface area contributed by atoms with Gasteiger partial charge in [0, 0.05) is 18.7 Å². The second-order valence-corrected chi connectivity index (χ2v) is 3.93. The summed E-state index contributed by atoms with van der Waals surface area (Å²) in [6.07, 6.45) is 0.992. The van der Waals surface area contributed by atoms with E-state index in [1.54, 1.807) is 0 Å². The molecule has 0 aromatic carbocycles. The first-order chi connectivity index (χ1) is 7.15. The number of anilines is 1. The van der Waals surface area contributed by atoms with E-state index in [2.05, 4.69) is 20.4 Å². The molecule has 82 valence electrons. The van der Waals surface area contributed by atoms with E-state index >= 15 is 0 Å². The summed E-state index contributed by atoms with van der Waals surface area (Å²) >= 11 is 0. The van der Waals surface area contributed by atoms with Crippen molar-refractivity contribution >= 4 is 11.7 Å². The van der Waals surface area contributed by atoms with Crippen LogP contribution in [-0.4, -0.2) is 47.2 Å². The Morgan fingerprint density at radius 2 is 2.60 bits per heavy atom. The topological polar surface area (TPSA) is 87.0 Å². The van der Waals surface area contributed by atoms with Crippen LogP contribution in [0, 0.1) is 0 Å². The van der Waals surface area contributed by atoms with Crippen LogP contribution in [0.3, 0.4) is 0 Å². The van der Waals surface area contributed by atoms with Gasteiger partial charge in [-0.05, 0) is 20.0 Å². The molecule has 1 aliphatic heterocycles. The summed E-state index contributed by atoms with van der Waals surface area (Å²) in [6, 6.07) is 1.76. The van der Waals surface area contributed by atoms with Gasteiger partial charge in [-0.2, -0.15) is 5.10 Å². The number of nitrogens with two attached hydrogens (primary N) is 1. The van der Waals surface area contributed by atoms with Gasteiger partial charge in [-0.3, -0.25) is 9.89 Å². The maximum Gasteiger partial charge on any atom is 0.269 e. The Balaban J connectivity index is 1.92. The summed E-state index contributed by atoms with van der Waals surface area (Å²) in [4.78, 5) is 13.9. The molecule has 1 aromatic heterocycles. The van der Waals surface area contributed by atoms with Gasteiger partial charge in [0.05, 0.1) is 0 Å². The third-order valence-corrected chi connectivity index (χ3v) is 2.57. The van der Waals surface area contributed by atoms with Crippen molar-refractivity contribution in [2.75, 3.05) is 25.9 Å². The van der Waals surface area contributed by atoms with E-state index in [1.807, 2.05) is 7.05 Å². The number of amides is 1. The molecular formula is C9H15N5O. The fourth-order valence-corrected chi connectivity index (χ4v) is 1.77. The fraction of sp³-hybridized carbons (Fsp3) is 0.556. The Hall–Kier alpha value is -1.56. The molecule has 1 atom stereocenters. The van der Waals surface area contributed by atoms with Crippen molar-refractivity contribution in [2.24, 2.45) is 0 Å². The monoisotopic (exact) mass is 209 g/mol. The Bertz CT molecular complexity index is 361. The number of nitrogen functional groups attached to an aromatic ring is 1. The maximum absolute atomic E-state index is 11.7. The number of nitrogens with one attached hydrogen (secondary N) is 2. The maximum atomic E-state index is 11.7. The number of H-pyrrole nitrogens is 1. The average Bonchev–Trinajstić information content (AvgIpc) is 2.75. The smallest absolute Gasteiger partial charge is 0.269 e. The number of likely N-dealkylation sites (tertiary alicyclic amines) is 1. The van der Waals surface area contributed by atoms with Crippen LogP contribution in [0.15, 0.2) is 6.07 Å². The molecule has 2 rings (SSSR count). The van der Waals surface area contributed by atoms with E-state index in [0.717, 1.165) is 19.5 Å². The van der Waals surface area contributed by atoms with Crippen LogP contribution < -0.4 is 11.1 Å². The highest BCUT2D eigenvalue weighted by molar-refractivity contribution is 5.93. The van der Waals surface area contributed by atoms with E-state index in [-0.39, 0.29) is 11.9 Å². The number of hydrogen-bond acceptors (Lipinski definition) is 4. The predicted molar refractivity (Wildman–Crippen MR) is 56.4 cm³/mol. The van der Waals surface area contributed by atoms with Crippen molar-refractivity contribution in [3.05, 3.63) is 11.8 Å². The lowest BCUT2D eigenvalue weighted by Gasteiger charge is -2.11. The molecule has 1 aromatic rings. The van der Waals surface area contributed by atoms with Gasteiger partial charge in [0.2, 0.25) is 0 Å². The second-order valence-electron chi connectivity index (χ2n) is 3.93. The first-order valence-corrected chi connectivity index (χ1v) is 4.95. The number of aromatic nitrogens is 2. The summed E-state index contributed by atoms with van der Waals surface area (Å²) in [5.74, 6) is 0.197. The minimum absolute atomic E-state index is 0.139. The molecule has 15 heavy (non-hydrogen) atoms. The zero-order chi connectivity index (χ0) is 10.8. The van der Waals surface area contributed by atoms with E-state index in [0.29, 0.717) is 11.5 Å². The summed E-state index contributed by atoms with van der Waals surface area (Å²) in [5, 5.41) is 9.23. The van der Waals surface area contributed by atoms with Crippen molar-refractivity contribution in [3.63, 3.8) is 0 Å². The van der Waals surface area contributed by atoms with Gasteiger partial charge in [-0.25, -0.2) is 0 Å². The molecule has 6 heteroatoms. The van der Waals surface area contributed by atoms with Crippen molar-refractivity contribution < 1.29 is 4.79 Å². The molecule has 1 fully saturated rings. The Kier molecular flexibility index (Phi) is 2.59. The molecule has 1 aliphatic rings. The summed E-state index contributed by atoms with van der Waals surface area (Å²) in [7, 11) is 2.04. The number of hydrogen-bond donors (Lipinski definition) is 3. The van der Waals surface area contributed by atoms with Gasteiger partial charge in [0.15, 0.2) is 0 Å². The molecule has 0 radical (unpaired) electrons. The highest BCUT2D eigenvalue weighted by atomic mass is 16.2. The fourth-order valence-electron chi connectivity index (χ4n) is 1.77. The minimum atomic E-state index is -0.139. The normalized spacial score (nSPS) is 21.8. The highest BCUT2D eigenvalue weighted by Crippen LogP contribution is 2.07. The number of aromatic amines is 1. The summed E-state index contributed by atoms with van der Waals surface area (Å²) < 4.78 is 0. The van der Waals surface area contributed by atoms with Crippen molar-refractivity contribution in [3.8, 4) is 0 Å². The first-order valence-electron chi connectivity index (χ1n) is 4.95. The second kappa shape index (κ2) is 3.90. The third-order valence-electron chi connectivity index (χ3n) is 2.57. The van der Waals surface area contributed by atoms with Gasteiger partial charge in [0.1, 0.15) is 11.5 Å². The van der Waals surface area contributed by atoms with Crippen LogP contribution in [0.5, 0.6) is 0 Å². The van der Waals surface area contributed by atoms with Gasteiger partial charge in [-0.15, -0.1) is 0 Å². The Labute approximate surface area is 87.8 Å². The molecule has 1 unspecified atom stereocenters. The lowest BCUT2D eigenvalue weighted by atomic mass is 10.2. The third kappa shape index (κ3) is 2.27. The average molecular weight is 209 g/mol. The lowest BCUT2D eigenvalue weighted by Crippen LogP contribution is -2.36. The van der Waals surface area contributed by atoms with Crippen molar-refractivity contribution in [2.45, 2.75) is 12.5 Å². The molecular weight excluding hydrogens is 194 g/mol.